The van der Waals surface area contributed by atoms with Gasteiger partial charge < -0.3 is 15.3 Å². The summed E-state index contributed by atoms with van der Waals surface area (Å²) in [5.41, 5.74) is 0. The van der Waals surface area contributed by atoms with Crippen LogP contribution >= 0.6 is 11.8 Å². The Morgan fingerprint density at radius 2 is 2.20 bits per heavy atom. The second kappa shape index (κ2) is 9.10. The van der Waals surface area contributed by atoms with Crippen molar-refractivity contribution in [3.63, 3.8) is 0 Å². The lowest BCUT2D eigenvalue weighted by Crippen LogP contribution is -2.49. The molecule has 0 aliphatic carbocycles. The molecule has 2 atom stereocenters. The highest BCUT2D eigenvalue weighted by Crippen LogP contribution is 2.21. The molecule has 0 radical (unpaired) electrons. The van der Waals surface area contributed by atoms with Gasteiger partial charge in [-0.2, -0.15) is 11.8 Å². The first-order valence-corrected chi connectivity index (χ1v) is 8.69. The zero-order chi connectivity index (χ0) is 15.0. The van der Waals surface area contributed by atoms with Crippen LogP contribution in [0.5, 0.6) is 0 Å². The second-order valence-electron chi connectivity index (χ2n) is 5.52. The lowest BCUT2D eigenvalue weighted by molar-refractivity contribution is -0.137. The van der Waals surface area contributed by atoms with Gasteiger partial charge in [-0.3, -0.25) is 4.79 Å². The molecule has 1 aliphatic rings. The van der Waals surface area contributed by atoms with Crippen molar-refractivity contribution in [3.05, 3.63) is 0 Å². The van der Waals surface area contributed by atoms with Crippen LogP contribution in [0.2, 0.25) is 0 Å². The molecule has 6 heteroatoms. The molecule has 1 aliphatic heterocycles. The molecule has 1 saturated heterocycles. The van der Waals surface area contributed by atoms with Crippen molar-refractivity contribution in [1.82, 2.24) is 10.2 Å². The second-order valence-corrected chi connectivity index (χ2v) is 6.43. The van der Waals surface area contributed by atoms with Gasteiger partial charge in [0.05, 0.1) is 0 Å². The Morgan fingerprint density at radius 1 is 1.45 bits per heavy atom. The minimum Gasteiger partial charge on any atom is -0.481 e. The Labute approximate surface area is 125 Å². The molecule has 116 valence electrons. The summed E-state index contributed by atoms with van der Waals surface area (Å²) < 4.78 is 0. The number of nitrogens with zero attached hydrogens (tertiary/aromatic N) is 1. The number of aliphatic carboxylic acids is 1. The van der Waals surface area contributed by atoms with Gasteiger partial charge in [0.1, 0.15) is 0 Å². The topological polar surface area (TPSA) is 69.6 Å². The highest BCUT2D eigenvalue weighted by Gasteiger charge is 2.26. The van der Waals surface area contributed by atoms with Crippen molar-refractivity contribution in [2.75, 3.05) is 25.1 Å². The molecule has 2 N–H and O–H groups in total. The number of nitrogens with one attached hydrogen (secondary N) is 1. The third-order valence-corrected chi connectivity index (χ3v) is 4.53. The predicted molar refractivity (Wildman–Crippen MR) is 82.2 cm³/mol. The van der Waals surface area contributed by atoms with Crippen molar-refractivity contribution in [2.24, 2.45) is 5.92 Å². The van der Waals surface area contributed by atoms with Crippen LogP contribution in [0.4, 0.5) is 4.79 Å². The monoisotopic (exact) mass is 302 g/mol. The summed E-state index contributed by atoms with van der Waals surface area (Å²) in [6.07, 6.45) is 5.76. The van der Waals surface area contributed by atoms with E-state index < -0.39 is 5.97 Å². The molecule has 0 aromatic heterocycles. The van der Waals surface area contributed by atoms with E-state index in [-0.39, 0.29) is 18.5 Å². The summed E-state index contributed by atoms with van der Waals surface area (Å²) in [5.74, 6) is 0.698. The number of carboxylic acids is 1. The van der Waals surface area contributed by atoms with Gasteiger partial charge in [-0.15, -0.1) is 0 Å². The van der Waals surface area contributed by atoms with Crippen molar-refractivity contribution < 1.29 is 14.7 Å². The Kier molecular flexibility index (Phi) is 7.80. The van der Waals surface area contributed by atoms with E-state index in [1.807, 2.05) is 4.90 Å². The SMILES string of the molecule is CSCC(C)CNC(=O)N1CCCCC1CCC(=O)O. The number of carboxylic acid groups (broad SMARTS) is 1. The molecule has 0 spiro atoms. The standard InChI is InChI=1S/C14H26N2O3S/c1-11(10-20-2)9-15-14(19)16-8-4-3-5-12(16)6-7-13(17)18/h11-12H,3-10H2,1-2H3,(H,15,19)(H,17,18). The fourth-order valence-corrected chi connectivity index (χ4v) is 3.25. The molecule has 1 heterocycles. The maximum absolute atomic E-state index is 12.2. The van der Waals surface area contributed by atoms with E-state index in [1.54, 1.807) is 11.8 Å². The first-order chi connectivity index (χ1) is 9.54. The van der Waals surface area contributed by atoms with Gasteiger partial charge in [0, 0.05) is 25.6 Å². The average molecular weight is 302 g/mol. The number of hydrogen-bond acceptors (Lipinski definition) is 3. The predicted octanol–water partition coefficient (Wildman–Crippen LogP) is 2.41. The molecule has 1 fully saturated rings. The van der Waals surface area contributed by atoms with Crippen LogP contribution in [0.3, 0.4) is 0 Å². The highest BCUT2D eigenvalue weighted by molar-refractivity contribution is 7.98. The molecule has 0 aromatic carbocycles. The van der Waals surface area contributed by atoms with E-state index >= 15 is 0 Å². The molecule has 0 aromatic rings. The first-order valence-electron chi connectivity index (χ1n) is 7.29. The van der Waals surface area contributed by atoms with Gasteiger partial charge in [-0.05, 0) is 43.6 Å². The summed E-state index contributed by atoms with van der Waals surface area (Å²) in [7, 11) is 0. The van der Waals surface area contributed by atoms with E-state index in [0.717, 1.165) is 31.6 Å². The summed E-state index contributed by atoms with van der Waals surface area (Å²) in [6, 6.07) is 0.0451. The van der Waals surface area contributed by atoms with E-state index in [4.69, 9.17) is 5.11 Å². The number of thioether (sulfide) groups is 1. The zero-order valence-electron chi connectivity index (χ0n) is 12.4. The lowest BCUT2D eigenvalue weighted by atomic mass is 9.98. The highest BCUT2D eigenvalue weighted by atomic mass is 32.2. The van der Waals surface area contributed by atoms with Crippen LogP contribution in [-0.4, -0.2) is 53.1 Å². The van der Waals surface area contributed by atoms with Crippen molar-refractivity contribution in [3.8, 4) is 0 Å². The molecule has 5 nitrogen and oxygen atoms in total. The number of urea groups is 1. The molecule has 2 amide bonds. The largest absolute Gasteiger partial charge is 0.481 e. The van der Waals surface area contributed by atoms with Gasteiger partial charge in [0.25, 0.3) is 0 Å². The van der Waals surface area contributed by atoms with Crippen LogP contribution in [0.1, 0.15) is 39.0 Å². The number of carbonyl (C=O) groups is 2. The number of hydrogen-bond donors (Lipinski definition) is 2. The summed E-state index contributed by atoms with van der Waals surface area (Å²) in [5, 5.41) is 11.8. The molecule has 0 bridgehead atoms. The van der Waals surface area contributed by atoms with Crippen LogP contribution < -0.4 is 5.32 Å². The van der Waals surface area contributed by atoms with Crippen molar-refractivity contribution in [1.29, 1.82) is 0 Å². The smallest absolute Gasteiger partial charge is 0.317 e. The number of carbonyl (C=O) groups excluding carboxylic acids is 1. The summed E-state index contributed by atoms with van der Waals surface area (Å²) in [4.78, 5) is 24.7. The van der Waals surface area contributed by atoms with Crippen LogP contribution in [0.15, 0.2) is 0 Å². The van der Waals surface area contributed by atoms with Crippen LogP contribution in [-0.2, 0) is 4.79 Å². The van der Waals surface area contributed by atoms with Gasteiger partial charge in [-0.25, -0.2) is 4.79 Å². The normalized spacial score (nSPS) is 20.5. The van der Waals surface area contributed by atoms with Crippen molar-refractivity contribution in [2.45, 2.75) is 45.1 Å². The van der Waals surface area contributed by atoms with E-state index in [2.05, 4.69) is 18.5 Å². The fraction of sp³-hybridized carbons (Fsp3) is 0.857. The molecule has 20 heavy (non-hydrogen) atoms. The number of amides is 2. The third kappa shape index (κ3) is 6.03. The van der Waals surface area contributed by atoms with Gasteiger partial charge >= 0.3 is 12.0 Å². The van der Waals surface area contributed by atoms with Crippen LogP contribution in [0, 0.1) is 5.92 Å². The molecule has 1 rings (SSSR count). The summed E-state index contributed by atoms with van der Waals surface area (Å²) in [6.45, 7) is 3.55. The number of piperidine rings is 1. The number of rotatable bonds is 7. The Bertz CT molecular complexity index is 326. The lowest BCUT2D eigenvalue weighted by Gasteiger charge is -2.35. The molecular weight excluding hydrogens is 276 g/mol. The fourth-order valence-electron chi connectivity index (χ4n) is 2.56. The minimum absolute atomic E-state index is 0.0342. The van der Waals surface area contributed by atoms with E-state index in [1.165, 1.54) is 0 Å². The van der Waals surface area contributed by atoms with Gasteiger partial charge in [0.2, 0.25) is 0 Å². The van der Waals surface area contributed by atoms with E-state index in [0.29, 0.717) is 18.9 Å². The third-order valence-electron chi connectivity index (χ3n) is 3.63. The molecule has 0 saturated carbocycles. The number of likely N-dealkylation sites (tertiary alicyclic amines) is 1. The quantitative estimate of drug-likeness (QED) is 0.758. The minimum atomic E-state index is -0.787. The Morgan fingerprint density at radius 3 is 2.85 bits per heavy atom. The molecule has 2 unspecified atom stereocenters. The maximum atomic E-state index is 12.2. The Hall–Kier alpha value is -0.910. The molecular formula is C14H26N2O3S. The first kappa shape index (κ1) is 17.1. The van der Waals surface area contributed by atoms with Crippen LogP contribution in [0.25, 0.3) is 0 Å². The van der Waals surface area contributed by atoms with Crippen molar-refractivity contribution >= 4 is 23.8 Å². The van der Waals surface area contributed by atoms with E-state index in [9.17, 15) is 9.59 Å². The zero-order valence-corrected chi connectivity index (χ0v) is 13.2. The maximum Gasteiger partial charge on any atom is 0.317 e. The Balaban J connectivity index is 2.43. The van der Waals surface area contributed by atoms with Gasteiger partial charge in [-0.1, -0.05) is 6.92 Å². The summed E-state index contributed by atoms with van der Waals surface area (Å²) >= 11 is 1.78. The van der Waals surface area contributed by atoms with Gasteiger partial charge in [0.15, 0.2) is 0 Å². The average Bonchev–Trinajstić information content (AvgIpc) is 2.43.